The Bertz CT molecular complexity index is 314. The zero-order valence-electron chi connectivity index (χ0n) is 16.0. The van der Waals surface area contributed by atoms with E-state index in [1.807, 2.05) is 0 Å². The van der Waals surface area contributed by atoms with E-state index in [1.54, 1.807) is 0 Å². The predicted molar refractivity (Wildman–Crippen MR) is 98.2 cm³/mol. The van der Waals surface area contributed by atoms with Crippen molar-refractivity contribution in [2.45, 2.75) is 105 Å². The molecule has 0 amide bonds. The third-order valence-corrected chi connectivity index (χ3v) is 4.88. The van der Waals surface area contributed by atoms with Gasteiger partial charge in [-0.1, -0.05) is 52.2 Å². The lowest BCUT2D eigenvalue weighted by molar-refractivity contribution is -0.0555. The number of rotatable bonds is 9. The van der Waals surface area contributed by atoms with Crippen LogP contribution >= 0.6 is 0 Å². The van der Waals surface area contributed by atoms with Gasteiger partial charge in [-0.3, -0.25) is 0 Å². The van der Waals surface area contributed by atoms with Gasteiger partial charge in [-0.2, -0.15) is 0 Å². The van der Waals surface area contributed by atoms with E-state index < -0.39 is 0 Å². The van der Waals surface area contributed by atoms with Gasteiger partial charge in [-0.15, -0.1) is 0 Å². The molecule has 1 rings (SSSR count). The number of hydrogen-bond donors (Lipinski definition) is 0. The molecule has 4 atom stereocenters. The quantitative estimate of drug-likeness (QED) is 0.427. The zero-order valence-corrected chi connectivity index (χ0v) is 16.0. The van der Waals surface area contributed by atoms with Gasteiger partial charge in [0.1, 0.15) is 0 Å². The fraction of sp³-hybridized carbons (Fsp3) is 0.905. The van der Waals surface area contributed by atoms with Gasteiger partial charge in [-0.25, -0.2) is 0 Å². The minimum atomic E-state index is 0.469. The molecule has 0 bridgehead atoms. The second-order valence-corrected chi connectivity index (χ2v) is 8.48. The summed E-state index contributed by atoms with van der Waals surface area (Å²) in [4.78, 5) is 0. The van der Waals surface area contributed by atoms with Crippen molar-refractivity contribution in [3.05, 3.63) is 11.6 Å². The normalized spacial score (nSPS) is 25.0. The Kier molecular flexibility index (Phi) is 9.40. The lowest BCUT2D eigenvalue weighted by Gasteiger charge is -2.32. The Balaban J connectivity index is 2.43. The second-order valence-electron chi connectivity index (χ2n) is 8.48. The van der Waals surface area contributed by atoms with Gasteiger partial charge in [0.25, 0.3) is 0 Å². The summed E-state index contributed by atoms with van der Waals surface area (Å²) in [5, 5.41) is 0. The van der Waals surface area contributed by atoms with Crippen molar-refractivity contribution in [1.29, 1.82) is 0 Å². The molecule has 0 saturated heterocycles. The molecule has 130 valence electrons. The first kappa shape index (κ1) is 19.7. The van der Waals surface area contributed by atoms with Crippen molar-refractivity contribution < 1.29 is 4.74 Å². The largest absolute Gasteiger partial charge is 0.375 e. The Hall–Kier alpha value is -0.300. The molecule has 0 spiro atoms. The predicted octanol–water partition coefficient (Wildman–Crippen LogP) is 6.77. The van der Waals surface area contributed by atoms with Gasteiger partial charge in [-0.05, 0) is 70.1 Å². The van der Waals surface area contributed by atoms with Crippen molar-refractivity contribution in [3.8, 4) is 0 Å². The Morgan fingerprint density at radius 2 is 1.86 bits per heavy atom. The van der Waals surface area contributed by atoms with Crippen molar-refractivity contribution in [1.82, 2.24) is 0 Å². The van der Waals surface area contributed by atoms with E-state index in [0.29, 0.717) is 12.2 Å². The molecule has 1 fully saturated rings. The molecule has 0 aromatic heterocycles. The third kappa shape index (κ3) is 8.98. The van der Waals surface area contributed by atoms with E-state index in [1.165, 1.54) is 56.9 Å². The third-order valence-electron chi connectivity index (χ3n) is 4.88. The lowest BCUT2D eigenvalue weighted by Crippen LogP contribution is -2.29. The molecular weight excluding hydrogens is 268 g/mol. The summed E-state index contributed by atoms with van der Waals surface area (Å²) >= 11 is 0. The highest BCUT2D eigenvalue weighted by molar-refractivity contribution is 4.92. The Labute approximate surface area is 139 Å². The molecule has 1 nitrogen and oxygen atoms in total. The lowest BCUT2D eigenvalue weighted by atomic mass is 9.88. The van der Waals surface area contributed by atoms with Crippen molar-refractivity contribution >= 4 is 0 Å². The summed E-state index contributed by atoms with van der Waals surface area (Å²) in [6, 6.07) is 0. The summed E-state index contributed by atoms with van der Waals surface area (Å²) in [5.74, 6) is 2.35. The fourth-order valence-corrected chi connectivity index (χ4v) is 3.73. The van der Waals surface area contributed by atoms with Crippen LogP contribution in [0, 0.1) is 17.8 Å². The molecule has 0 aliphatic heterocycles. The first-order chi connectivity index (χ1) is 10.4. The average Bonchev–Trinajstić information content (AvgIpc) is 2.37. The molecule has 1 aliphatic rings. The van der Waals surface area contributed by atoms with Crippen LogP contribution in [0.3, 0.4) is 0 Å². The molecule has 0 radical (unpaired) electrons. The first-order valence-corrected chi connectivity index (χ1v) is 9.65. The van der Waals surface area contributed by atoms with Crippen LogP contribution in [-0.4, -0.2) is 12.2 Å². The average molecular weight is 309 g/mol. The van der Waals surface area contributed by atoms with Crippen LogP contribution in [0.1, 0.15) is 92.9 Å². The van der Waals surface area contributed by atoms with Crippen molar-refractivity contribution in [2.24, 2.45) is 17.8 Å². The van der Waals surface area contributed by atoms with Crippen LogP contribution < -0.4 is 0 Å². The van der Waals surface area contributed by atoms with Crippen LogP contribution in [-0.2, 0) is 4.74 Å². The van der Waals surface area contributed by atoms with E-state index in [0.717, 1.165) is 17.8 Å². The monoisotopic (exact) mass is 308 g/mol. The maximum Gasteiger partial charge on any atom is 0.0583 e. The number of ether oxygens (including phenoxy) is 1. The molecule has 0 aromatic rings. The van der Waals surface area contributed by atoms with Crippen LogP contribution in [0.5, 0.6) is 0 Å². The summed E-state index contributed by atoms with van der Waals surface area (Å²) < 4.78 is 6.56. The van der Waals surface area contributed by atoms with Gasteiger partial charge < -0.3 is 4.74 Å². The zero-order chi connectivity index (χ0) is 16.5. The second kappa shape index (κ2) is 10.5. The molecule has 1 aliphatic carbocycles. The van der Waals surface area contributed by atoms with Crippen LogP contribution in [0.2, 0.25) is 0 Å². The van der Waals surface area contributed by atoms with Crippen molar-refractivity contribution in [3.63, 3.8) is 0 Å². The van der Waals surface area contributed by atoms with Gasteiger partial charge in [0, 0.05) is 0 Å². The minimum absolute atomic E-state index is 0.469. The molecule has 2 unspecified atom stereocenters. The maximum absolute atomic E-state index is 6.56. The van der Waals surface area contributed by atoms with Crippen molar-refractivity contribution in [2.75, 3.05) is 0 Å². The molecule has 22 heavy (non-hydrogen) atoms. The summed E-state index contributed by atoms with van der Waals surface area (Å²) in [7, 11) is 0. The van der Waals surface area contributed by atoms with E-state index in [4.69, 9.17) is 4.74 Å². The molecular formula is C21H40O. The SMILES string of the molecule is CC(C)=CCC[C@@H](C)CC(CC(C)C)O[C@H]1CCCC(C)C1. The van der Waals surface area contributed by atoms with Crippen LogP contribution in [0.15, 0.2) is 11.6 Å². The summed E-state index contributed by atoms with van der Waals surface area (Å²) in [6.45, 7) is 13.8. The number of allylic oxidation sites excluding steroid dienone is 2. The standard InChI is InChI=1S/C21H40O/c1-16(2)9-7-10-19(6)15-21(13-17(3)4)22-20-12-8-11-18(5)14-20/h9,17-21H,7-8,10-15H2,1-6H3/t18?,19-,20+,21?/m1/s1. The highest BCUT2D eigenvalue weighted by atomic mass is 16.5. The Morgan fingerprint density at radius 1 is 1.14 bits per heavy atom. The topological polar surface area (TPSA) is 9.23 Å². The first-order valence-electron chi connectivity index (χ1n) is 9.65. The highest BCUT2D eigenvalue weighted by Crippen LogP contribution is 2.29. The van der Waals surface area contributed by atoms with Gasteiger partial charge >= 0.3 is 0 Å². The fourth-order valence-electron chi connectivity index (χ4n) is 3.73. The maximum atomic E-state index is 6.56. The smallest absolute Gasteiger partial charge is 0.0583 e. The summed E-state index contributed by atoms with van der Waals surface area (Å²) in [6.07, 6.45) is 13.7. The van der Waals surface area contributed by atoms with Gasteiger partial charge in [0.05, 0.1) is 12.2 Å². The minimum Gasteiger partial charge on any atom is -0.375 e. The Morgan fingerprint density at radius 3 is 2.45 bits per heavy atom. The highest BCUT2D eigenvalue weighted by Gasteiger charge is 2.24. The molecule has 0 aromatic carbocycles. The van der Waals surface area contributed by atoms with Gasteiger partial charge in [0.2, 0.25) is 0 Å². The number of hydrogen-bond acceptors (Lipinski definition) is 1. The van der Waals surface area contributed by atoms with Crippen LogP contribution in [0.4, 0.5) is 0 Å². The van der Waals surface area contributed by atoms with Gasteiger partial charge in [0.15, 0.2) is 0 Å². The molecule has 1 saturated carbocycles. The van der Waals surface area contributed by atoms with E-state index in [9.17, 15) is 0 Å². The molecule has 1 heteroatoms. The van der Waals surface area contributed by atoms with E-state index in [-0.39, 0.29) is 0 Å². The van der Waals surface area contributed by atoms with Crippen LogP contribution in [0.25, 0.3) is 0 Å². The van der Waals surface area contributed by atoms with E-state index in [2.05, 4.69) is 47.6 Å². The molecule has 0 heterocycles. The van der Waals surface area contributed by atoms with E-state index >= 15 is 0 Å². The summed E-state index contributed by atoms with van der Waals surface area (Å²) in [5.41, 5.74) is 1.44. The molecule has 0 N–H and O–H groups in total.